The van der Waals surface area contributed by atoms with Gasteiger partial charge in [0.15, 0.2) is 0 Å². The fourth-order valence-electron chi connectivity index (χ4n) is 1.94. The van der Waals surface area contributed by atoms with Gasteiger partial charge in [-0.15, -0.1) is 5.10 Å². The molecule has 0 unspecified atom stereocenters. The van der Waals surface area contributed by atoms with Crippen LogP contribution in [0.15, 0.2) is 40.9 Å². The second kappa shape index (κ2) is 4.88. The Hall–Kier alpha value is -1.92. The second-order valence-electron chi connectivity index (χ2n) is 4.08. The Morgan fingerprint density at radius 3 is 2.85 bits per heavy atom. The quantitative estimate of drug-likeness (QED) is 0.766. The lowest BCUT2D eigenvalue weighted by atomic mass is 10.2. The lowest BCUT2D eigenvalue weighted by Crippen LogP contribution is -1.99. The summed E-state index contributed by atoms with van der Waals surface area (Å²) in [6.45, 7) is 0. The van der Waals surface area contributed by atoms with Crippen molar-refractivity contribution in [3.8, 4) is 5.69 Å². The number of hydrogen-bond acceptors (Lipinski definition) is 3. The van der Waals surface area contributed by atoms with E-state index in [9.17, 15) is 4.79 Å². The van der Waals surface area contributed by atoms with Crippen molar-refractivity contribution in [2.45, 2.75) is 0 Å². The molecule has 0 aliphatic rings. The van der Waals surface area contributed by atoms with Crippen LogP contribution in [0.3, 0.4) is 0 Å². The number of carboxylic acid groups (broad SMARTS) is 1. The van der Waals surface area contributed by atoms with E-state index in [1.165, 1.54) is 6.07 Å². The van der Waals surface area contributed by atoms with Crippen LogP contribution in [-0.4, -0.2) is 26.1 Å². The molecule has 2 aromatic carbocycles. The van der Waals surface area contributed by atoms with Gasteiger partial charge in [-0.05, 0) is 46.3 Å². The van der Waals surface area contributed by atoms with Gasteiger partial charge in [-0.3, -0.25) is 0 Å². The Balaban J connectivity index is 2.31. The predicted octanol–water partition coefficient (Wildman–Crippen LogP) is 3.53. The summed E-state index contributed by atoms with van der Waals surface area (Å²) in [6.07, 6.45) is 0. The van der Waals surface area contributed by atoms with Crippen LogP contribution in [0, 0.1) is 0 Å². The highest BCUT2D eigenvalue weighted by atomic mass is 79.9. The summed E-state index contributed by atoms with van der Waals surface area (Å²) in [4.78, 5) is 11.2. The Morgan fingerprint density at radius 1 is 1.30 bits per heavy atom. The summed E-state index contributed by atoms with van der Waals surface area (Å²) >= 11 is 9.41. The van der Waals surface area contributed by atoms with Crippen molar-refractivity contribution in [3.63, 3.8) is 0 Å². The molecule has 0 amide bonds. The molecule has 5 nitrogen and oxygen atoms in total. The van der Waals surface area contributed by atoms with Gasteiger partial charge in [0, 0.05) is 9.50 Å². The van der Waals surface area contributed by atoms with Crippen LogP contribution in [-0.2, 0) is 0 Å². The molecule has 0 aliphatic heterocycles. The van der Waals surface area contributed by atoms with E-state index in [4.69, 9.17) is 16.7 Å². The van der Waals surface area contributed by atoms with Crippen molar-refractivity contribution < 1.29 is 9.90 Å². The molecule has 0 bridgehead atoms. The van der Waals surface area contributed by atoms with Gasteiger partial charge in [0.25, 0.3) is 0 Å². The molecular weight excluding hydrogens is 346 g/mol. The highest BCUT2D eigenvalue weighted by Gasteiger charge is 2.15. The van der Waals surface area contributed by atoms with E-state index in [0.29, 0.717) is 21.7 Å². The topological polar surface area (TPSA) is 68.0 Å². The minimum absolute atomic E-state index is 0.118. The molecular formula is C13H7BrClN3O2. The number of aromatic carboxylic acids is 1. The monoisotopic (exact) mass is 351 g/mol. The molecule has 3 rings (SSSR count). The van der Waals surface area contributed by atoms with E-state index < -0.39 is 5.97 Å². The normalized spacial score (nSPS) is 10.9. The minimum atomic E-state index is -1.03. The average molecular weight is 353 g/mol. The summed E-state index contributed by atoms with van der Waals surface area (Å²) in [5, 5.41) is 17.7. The number of benzene rings is 2. The third-order valence-corrected chi connectivity index (χ3v) is 3.75. The van der Waals surface area contributed by atoms with Crippen LogP contribution in [0.2, 0.25) is 5.02 Å². The summed E-state index contributed by atoms with van der Waals surface area (Å²) in [7, 11) is 0. The fraction of sp³-hybridized carbons (Fsp3) is 0. The molecule has 100 valence electrons. The Kier molecular flexibility index (Phi) is 3.19. The maximum absolute atomic E-state index is 11.2. The van der Waals surface area contributed by atoms with E-state index in [0.717, 1.165) is 4.47 Å². The van der Waals surface area contributed by atoms with Crippen molar-refractivity contribution in [1.82, 2.24) is 15.0 Å². The van der Waals surface area contributed by atoms with Gasteiger partial charge in [0.1, 0.15) is 5.52 Å². The van der Waals surface area contributed by atoms with Crippen LogP contribution >= 0.6 is 27.5 Å². The van der Waals surface area contributed by atoms with Gasteiger partial charge in [-0.2, -0.15) is 0 Å². The van der Waals surface area contributed by atoms with Gasteiger partial charge in [0.2, 0.25) is 0 Å². The van der Waals surface area contributed by atoms with Gasteiger partial charge < -0.3 is 5.11 Å². The number of carboxylic acids is 1. The number of nitrogens with zero attached hydrogens (tertiary/aromatic N) is 3. The van der Waals surface area contributed by atoms with E-state index in [1.54, 1.807) is 35.0 Å². The van der Waals surface area contributed by atoms with Crippen LogP contribution in [0.5, 0.6) is 0 Å². The second-order valence-corrected chi connectivity index (χ2v) is 5.37. The molecule has 1 N–H and O–H groups in total. The molecule has 0 fully saturated rings. The van der Waals surface area contributed by atoms with Crippen molar-refractivity contribution in [3.05, 3.63) is 51.5 Å². The molecule has 0 radical (unpaired) electrons. The molecule has 0 aliphatic carbocycles. The lowest BCUT2D eigenvalue weighted by Gasteiger charge is -2.05. The first-order valence-electron chi connectivity index (χ1n) is 5.61. The van der Waals surface area contributed by atoms with Gasteiger partial charge in [-0.25, -0.2) is 9.48 Å². The summed E-state index contributed by atoms with van der Waals surface area (Å²) in [6, 6.07) is 10.2. The fourth-order valence-corrected chi connectivity index (χ4v) is 2.52. The third-order valence-electron chi connectivity index (χ3n) is 2.84. The standard InChI is InChI=1S/C13H7BrClN3O2/c14-9-5-4-7(15)6-11(9)18-10-3-1-2-8(13(19)20)12(10)16-17-18/h1-6H,(H,19,20). The van der Waals surface area contributed by atoms with Crippen molar-refractivity contribution in [1.29, 1.82) is 0 Å². The van der Waals surface area contributed by atoms with Gasteiger partial charge in [-0.1, -0.05) is 22.9 Å². The van der Waals surface area contributed by atoms with Crippen LogP contribution in [0.1, 0.15) is 10.4 Å². The Morgan fingerprint density at radius 2 is 2.10 bits per heavy atom. The van der Waals surface area contributed by atoms with Crippen molar-refractivity contribution in [2.24, 2.45) is 0 Å². The predicted molar refractivity (Wildman–Crippen MR) is 78.5 cm³/mol. The number of halogens is 2. The number of fused-ring (bicyclic) bond motifs is 1. The SMILES string of the molecule is O=C(O)c1cccc2c1nnn2-c1cc(Cl)ccc1Br. The maximum Gasteiger partial charge on any atom is 0.338 e. The molecule has 0 saturated carbocycles. The Bertz CT molecular complexity index is 832. The number of carbonyl (C=O) groups is 1. The molecule has 1 heterocycles. The van der Waals surface area contributed by atoms with Gasteiger partial charge in [0.05, 0.1) is 16.8 Å². The highest BCUT2D eigenvalue weighted by Crippen LogP contribution is 2.27. The van der Waals surface area contributed by atoms with E-state index in [2.05, 4.69) is 26.2 Å². The van der Waals surface area contributed by atoms with E-state index in [-0.39, 0.29) is 5.56 Å². The number of hydrogen-bond donors (Lipinski definition) is 1. The van der Waals surface area contributed by atoms with Crippen LogP contribution in [0.25, 0.3) is 16.7 Å². The zero-order valence-corrected chi connectivity index (χ0v) is 12.3. The minimum Gasteiger partial charge on any atom is -0.478 e. The average Bonchev–Trinajstić information content (AvgIpc) is 2.85. The zero-order valence-electron chi connectivity index (χ0n) is 9.92. The van der Waals surface area contributed by atoms with E-state index >= 15 is 0 Å². The molecule has 1 aromatic heterocycles. The first-order valence-corrected chi connectivity index (χ1v) is 6.78. The molecule has 0 atom stereocenters. The first kappa shape index (κ1) is 13.1. The third kappa shape index (κ3) is 2.07. The first-order chi connectivity index (χ1) is 9.58. The maximum atomic E-state index is 11.2. The van der Waals surface area contributed by atoms with Crippen molar-refractivity contribution in [2.75, 3.05) is 0 Å². The molecule has 0 spiro atoms. The zero-order chi connectivity index (χ0) is 14.3. The van der Waals surface area contributed by atoms with Crippen LogP contribution < -0.4 is 0 Å². The Labute approximate surface area is 126 Å². The van der Waals surface area contributed by atoms with Crippen LogP contribution in [0.4, 0.5) is 0 Å². The largest absolute Gasteiger partial charge is 0.478 e. The molecule has 20 heavy (non-hydrogen) atoms. The summed E-state index contributed by atoms with van der Waals surface area (Å²) < 4.78 is 2.34. The van der Waals surface area contributed by atoms with E-state index in [1.807, 2.05) is 0 Å². The molecule has 0 saturated heterocycles. The highest BCUT2D eigenvalue weighted by molar-refractivity contribution is 9.10. The summed E-state index contributed by atoms with van der Waals surface area (Å²) in [5.41, 5.74) is 1.76. The number of rotatable bonds is 2. The van der Waals surface area contributed by atoms with Crippen molar-refractivity contribution >= 4 is 44.5 Å². The summed E-state index contributed by atoms with van der Waals surface area (Å²) in [5.74, 6) is -1.03. The lowest BCUT2D eigenvalue weighted by molar-refractivity contribution is 0.0699. The molecule has 7 heteroatoms. The molecule has 3 aromatic rings. The number of aromatic nitrogens is 3. The van der Waals surface area contributed by atoms with Gasteiger partial charge >= 0.3 is 5.97 Å². The smallest absolute Gasteiger partial charge is 0.338 e.